The third-order valence-electron chi connectivity index (χ3n) is 4.29. The van der Waals surface area contributed by atoms with Crippen molar-refractivity contribution in [1.29, 1.82) is 0 Å². The predicted octanol–water partition coefficient (Wildman–Crippen LogP) is 2.12. The van der Waals surface area contributed by atoms with E-state index in [2.05, 4.69) is 30.8 Å². The van der Waals surface area contributed by atoms with Crippen LogP contribution in [0.2, 0.25) is 0 Å². The van der Waals surface area contributed by atoms with Gasteiger partial charge < -0.3 is 9.80 Å². The fourth-order valence-corrected chi connectivity index (χ4v) is 5.26. The molecule has 1 aromatic heterocycles. The molecule has 0 N–H and O–H groups in total. The van der Waals surface area contributed by atoms with Crippen molar-refractivity contribution < 1.29 is 8.42 Å². The highest BCUT2D eigenvalue weighted by molar-refractivity contribution is 9.10. The molecule has 0 bridgehead atoms. The zero-order chi connectivity index (χ0) is 18.9. The largest absolute Gasteiger partial charge is 0.363 e. The quantitative estimate of drug-likeness (QED) is 0.726. The van der Waals surface area contributed by atoms with E-state index in [-0.39, 0.29) is 0 Å². The minimum atomic E-state index is -3.51. The molecule has 1 saturated heterocycles. The number of aromatic nitrogens is 2. The third-order valence-corrected chi connectivity index (χ3v) is 7.20. The van der Waals surface area contributed by atoms with E-state index in [1.807, 2.05) is 32.0 Å². The number of hydrogen-bond donors (Lipinski definition) is 0. The molecule has 1 aliphatic heterocycles. The number of anilines is 2. The second-order valence-electron chi connectivity index (χ2n) is 6.35. The lowest BCUT2D eigenvalue weighted by Crippen LogP contribution is -2.49. The number of hydrogen-bond acceptors (Lipinski definition) is 6. The summed E-state index contributed by atoms with van der Waals surface area (Å²) in [5, 5.41) is 0. The van der Waals surface area contributed by atoms with Crippen molar-refractivity contribution in [3.8, 4) is 0 Å². The van der Waals surface area contributed by atoms with Gasteiger partial charge in [-0.15, -0.1) is 0 Å². The van der Waals surface area contributed by atoms with E-state index in [4.69, 9.17) is 0 Å². The molecule has 0 spiro atoms. The van der Waals surface area contributed by atoms with Gasteiger partial charge in [-0.25, -0.2) is 18.4 Å². The highest BCUT2D eigenvalue weighted by Crippen LogP contribution is 2.26. The van der Waals surface area contributed by atoms with Crippen molar-refractivity contribution >= 4 is 37.6 Å². The Hall–Kier alpha value is -1.71. The maximum Gasteiger partial charge on any atom is 0.244 e. The van der Waals surface area contributed by atoms with Gasteiger partial charge in [-0.3, -0.25) is 0 Å². The van der Waals surface area contributed by atoms with Gasteiger partial charge in [0.1, 0.15) is 17.5 Å². The first-order chi connectivity index (χ1) is 12.3. The predicted molar refractivity (Wildman–Crippen MR) is 106 cm³/mol. The van der Waals surface area contributed by atoms with E-state index in [0.29, 0.717) is 41.4 Å². The van der Waals surface area contributed by atoms with Gasteiger partial charge in [0.25, 0.3) is 0 Å². The zero-order valence-corrected chi connectivity index (χ0v) is 17.5. The van der Waals surface area contributed by atoms with Crippen LogP contribution >= 0.6 is 15.9 Å². The number of aryl methyl sites for hydroxylation is 1. The first-order valence-electron chi connectivity index (χ1n) is 8.31. The van der Waals surface area contributed by atoms with Crippen LogP contribution in [-0.4, -0.2) is 63.0 Å². The van der Waals surface area contributed by atoms with Gasteiger partial charge >= 0.3 is 0 Å². The molecule has 0 radical (unpaired) electrons. The van der Waals surface area contributed by atoms with E-state index in [0.717, 1.165) is 11.6 Å². The molecule has 0 atom stereocenters. The Morgan fingerprint density at radius 3 is 2.35 bits per heavy atom. The van der Waals surface area contributed by atoms with Crippen LogP contribution in [0.3, 0.4) is 0 Å². The highest BCUT2D eigenvalue weighted by atomic mass is 79.9. The van der Waals surface area contributed by atoms with Crippen molar-refractivity contribution in [3.63, 3.8) is 0 Å². The first-order valence-corrected chi connectivity index (χ1v) is 10.5. The summed E-state index contributed by atoms with van der Waals surface area (Å²) >= 11 is 3.34. The fourth-order valence-electron chi connectivity index (χ4n) is 2.88. The molecule has 3 rings (SSSR count). The van der Waals surface area contributed by atoms with Crippen LogP contribution in [0.4, 0.5) is 11.6 Å². The van der Waals surface area contributed by atoms with Gasteiger partial charge in [-0.05, 0) is 35.0 Å². The van der Waals surface area contributed by atoms with Crippen LogP contribution in [0.1, 0.15) is 5.82 Å². The van der Waals surface area contributed by atoms with Crippen LogP contribution in [0.15, 0.2) is 39.7 Å². The molecule has 0 aliphatic carbocycles. The van der Waals surface area contributed by atoms with E-state index < -0.39 is 10.0 Å². The minimum Gasteiger partial charge on any atom is -0.363 e. The smallest absolute Gasteiger partial charge is 0.244 e. The van der Waals surface area contributed by atoms with Gasteiger partial charge in [0, 0.05) is 50.8 Å². The summed E-state index contributed by atoms with van der Waals surface area (Å²) in [6.07, 6.45) is 0. The van der Waals surface area contributed by atoms with Crippen molar-refractivity contribution in [3.05, 3.63) is 40.6 Å². The summed E-state index contributed by atoms with van der Waals surface area (Å²) in [6, 6.07) is 8.85. The summed E-state index contributed by atoms with van der Waals surface area (Å²) < 4.78 is 27.9. The van der Waals surface area contributed by atoms with Gasteiger partial charge in [0.15, 0.2) is 0 Å². The molecule has 1 aliphatic rings. The van der Waals surface area contributed by atoms with Crippen molar-refractivity contribution in [2.24, 2.45) is 0 Å². The molecule has 2 aromatic rings. The first kappa shape index (κ1) is 19.1. The van der Waals surface area contributed by atoms with Crippen LogP contribution in [-0.2, 0) is 10.0 Å². The molecular formula is C17H22BrN5O2S. The molecule has 0 amide bonds. The summed E-state index contributed by atoms with van der Waals surface area (Å²) in [5.74, 6) is 2.38. The topological polar surface area (TPSA) is 69.6 Å². The van der Waals surface area contributed by atoms with Crippen molar-refractivity contribution in [2.45, 2.75) is 11.8 Å². The normalized spacial score (nSPS) is 15.9. The Morgan fingerprint density at radius 1 is 1.08 bits per heavy atom. The number of piperazine rings is 1. The summed E-state index contributed by atoms with van der Waals surface area (Å²) in [5.41, 5.74) is 0. The monoisotopic (exact) mass is 439 g/mol. The molecular weight excluding hydrogens is 418 g/mol. The average molecular weight is 440 g/mol. The summed E-state index contributed by atoms with van der Waals surface area (Å²) in [4.78, 5) is 13.3. The summed E-state index contributed by atoms with van der Waals surface area (Å²) in [7, 11) is 0.367. The molecule has 1 aromatic carbocycles. The van der Waals surface area contributed by atoms with Gasteiger partial charge in [0.05, 0.1) is 4.90 Å². The van der Waals surface area contributed by atoms with Crippen LogP contribution in [0, 0.1) is 6.92 Å². The zero-order valence-electron chi connectivity index (χ0n) is 15.1. The molecule has 2 heterocycles. The van der Waals surface area contributed by atoms with Crippen LogP contribution < -0.4 is 9.80 Å². The molecule has 140 valence electrons. The van der Waals surface area contributed by atoms with E-state index in [1.165, 1.54) is 4.31 Å². The average Bonchev–Trinajstić information content (AvgIpc) is 2.61. The number of rotatable bonds is 4. The molecule has 26 heavy (non-hydrogen) atoms. The maximum atomic E-state index is 12.9. The van der Waals surface area contributed by atoms with E-state index in [9.17, 15) is 8.42 Å². The highest BCUT2D eigenvalue weighted by Gasteiger charge is 2.30. The molecule has 0 unspecified atom stereocenters. The number of sulfonamides is 1. The van der Waals surface area contributed by atoms with Crippen LogP contribution in [0.25, 0.3) is 0 Å². The van der Waals surface area contributed by atoms with Crippen molar-refractivity contribution in [2.75, 3.05) is 50.1 Å². The SMILES string of the molecule is Cc1nc(N(C)C)cc(N2CCN(S(=O)(=O)c3ccccc3Br)CC2)n1. The fraction of sp³-hybridized carbons (Fsp3) is 0.412. The second-order valence-corrected chi connectivity index (χ2v) is 9.11. The molecule has 1 fully saturated rings. The lowest BCUT2D eigenvalue weighted by molar-refractivity contribution is 0.383. The Balaban J connectivity index is 1.77. The van der Waals surface area contributed by atoms with Gasteiger partial charge in [0.2, 0.25) is 10.0 Å². The Kier molecular flexibility index (Phi) is 5.50. The Bertz CT molecular complexity index is 896. The lowest BCUT2D eigenvalue weighted by Gasteiger charge is -2.35. The number of halogens is 1. The lowest BCUT2D eigenvalue weighted by atomic mass is 10.3. The Morgan fingerprint density at radius 2 is 1.73 bits per heavy atom. The second kappa shape index (κ2) is 7.50. The summed E-state index contributed by atoms with van der Waals surface area (Å²) in [6.45, 7) is 3.89. The van der Waals surface area contributed by atoms with Crippen LogP contribution in [0.5, 0.6) is 0 Å². The number of benzene rings is 1. The molecule has 7 nitrogen and oxygen atoms in total. The third kappa shape index (κ3) is 3.84. The molecule has 0 saturated carbocycles. The minimum absolute atomic E-state index is 0.307. The van der Waals surface area contributed by atoms with Gasteiger partial charge in [-0.2, -0.15) is 4.31 Å². The van der Waals surface area contributed by atoms with Crippen molar-refractivity contribution in [1.82, 2.24) is 14.3 Å². The standard InChI is InChI=1S/C17H22BrN5O2S/c1-13-19-16(21(2)3)12-17(20-13)22-8-10-23(11-9-22)26(24,25)15-7-5-4-6-14(15)18/h4-7,12H,8-11H2,1-3H3. The van der Waals surface area contributed by atoms with E-state index in [1.54, 1.807) is 24.3 Å². The van der Waals surface area contributed by atoms with Gasteiger partial charge in [-0.1, -0.05) is 12.1 Å². The maximum absolute atomic E-state index is 12.9. The molecule has 9 heteroatoms. The Labute approximate surface area is 162 Å². The van der Waals surface area contributed by atoms with E-state index >= 15 is 0 Å². The number of nitrogens with zero attached hydrogens (tertiary/aromatic N) is 5.